The maximum absolute atomic E-state index is 14.4. The van der Waals surface area contributed by atoms with Crippen LogP contribution in [-0.4, -0.2) is 18.6 Å². The van der Waals surface area contributed by atoms with Crippen molar-refractivity contribution in [3.05, 3.63) is 99.3 Å². The number of nitrogens with zero attached hydrogens (tertiary/aromatic N) is 2. The van der Waals surface area contributed by atoms with E-state index in [2.05, 4.69) is 5.10 Å². The molecule has 0 fully saturated rings. The van der Waals surface area contributed by atoms with Crippen LogP contribution in [0.15, 0.2) is 76.7 Å². The van der Waals surface area contributed by atoms with Gasteiger partial charge in [0.2, 0.25) is 10.0 Å². The zero-order chi connectivity index (χ0) is 22.6. The maximum atomic E-state index is 14.4. The Labute approximate surface area is 189 Å². The molecule has 3 rings (SSSR count). The van der Waals surface area contributed by atoms with E-state index < -0.39 is 15.8 Å². The molecule has 4 N–H and O–H groups in total. The van der Waals surface area contributed by atoms with E-state index >= 15 is 0 Å². The summed E-state index contributed by atoms with van der Waals surface area (Å²) >= 11 is 11.7. The minimum absolute atomic E-state index is 0.00697. The third-order valence-electron chi connectivity index (χ3n) is 4.56. The highest BCUT2D eigenvalue weighted by Gasteiger charge is 2.26. The summed E-state index contributed by atoms with van der Waals surface area (Å²) in [6, 6.07) is 16.7. The quantitative estimate of drug-likeness (QED) is 0.230. The van der Waals surface area contributed by atoms with Crippen molar-refractivity contribution in [2.75, 3.05) is 0 Å². The van der Waals surface area contributed by atoms with Crippen LogP contribution in [0.1, 0.15) is 16.7 Å². The average Bonchev–Trinajstić information content (AvgIpc) is 2.75. The van der Waals surface area contributed by atoms with Crippen LogP contribution >= 0.6 is 23.2 Å². The van der Waals surface area contributed by atoms with Crippen molar-refractivity contribution >= 4 is 39.1 Å². The van der Waals surface area contributed by atoms with Crippen molar-refractivity contribution in [2.24, 2.45) is 16.7 Å². The van der Waals surface area contributed by atoms with Crippen molar-refractivity contribution in [3.8, 4) is 0 Å². The topological polar surface area (TPSA) is 102 Å². The second-order valence-electron chi connectivity index (χ2n) is 6.67. The highest BCUT2D eigenvalue weighted by Crippen LogP contribution is 2.24. The number of rotatable bonds is 7. The number of hydrazone groups is 1. The third-order valence-corrected chi connectivity index (χ3v) is 6.85. The standard InChI is InChI=1S/C21H19Cl2FN4O2S/c22-17-7-9-19(10-8-17)31(29,30)28(13-16-5-6-18(23)11-20(16)24)12-14-1-3-15(4-2-14)21(25)27-26/h1-11H,12-13,26H2,(H2,25,27). The number of benzene rings is 3. The molecular formula is C21H19Cl2FN4O2S. The third kappa shape index (κ3) is 5.54. The maximum Gasteiger partial charge on any atom is 0.243 e. The minimum atomic E-state index is -3.97. The van der Waals surface area contributed by atoms with Gasteiger partial charge in [0, 0.05) is 34.3 Å². The number of halogens is 3. The summed E-state index contributed by atoms with van der Waals surface area (Å²) in [5, 5.41) is 4.06. The fraction of sp³-hybridized carbons (Fsp3) is 0.0952. The molecule has 0 spiro atoms. The summed E-state index contributed by atoms with van der Waals surface area (Å²) in [6.07, 6.45) is 0. The summed E-state index contributed by atoms with van der Waals surface area (Å²) in [5.74, 6) is 4.75. The normalized spacial score (nSPS) is 12.3. The highest BCUT2D eigenvalue weighted by atomic mass is 35.5. The molecule has 0 aliphatic rings. The minimum Gasteiger partial charge on any atom is -0.382 e. The van der Waals surface area contributed by atoms with Gasteiger partial charge in [-0.15, -0.1) is 0 Å². The Hall–Kier alpha value is -2.65. The fourth-order valence-electron chi connectivity index (χ4n) is 2.88. The predicted octanol–water partition coefficient (Wildman–Crippen LogP) is 4.10. The molecule has 0 unspecified atom stereocenters. The number of hydrogen-bond donors (Lipinski definition) is 2. The monoisotopic (exact) mass is 480 g/mol. The zero-order valence-corrected chi connectivity index (χ0v) is 18.5. The predicted molar refractivity (Wildman–Crippen MR) is 121 cm³/mol. The van der Waals surface area contributed by atoms with E-state index in [4.69, 9.17) is 34.8 Å². The van der Waals surface area contributed by atoms with Gasteiger partial charge >= 0.3 is 0 Å². The van der Waals surface area contributed by atoms with Gasteiger partial charge < -0.3 is 11.6 Å². The molecule has 0 radical (unpaired) electrons. The van der Waals surface area contributed by atoms with Crippen LogP contribution in [0.25, 0.3) is 0 Å². The van der Waals surface area contributed by atoms with Gasteiger partial charge in [0.05, 0.1) is 4.90 Å². The lowest BCUT2D eigenvalue weighted by Gasteiger charge is -2.23. The van der Waals surface area contributed by atoms with Crippen LogP contribution in [0.2, 0.25) is 10.0 Å². The number of nitrogens with two attached hydrogens (primary N) is 2. The van der Waals surface area contributed by atoms with Crippen molar-refractivity contribution in [2.45, 2.75) is 18.0 Å². The van der Waals surface area contributed by atoms with Gasteiger partial charge in [0.15, 0.2) is 0 Å². The van der Waals surface area contributed by atoms with Crippen molar-refractivity contribution in [1.82, 2.24) is 4.31 Å². The first-order valence-electron chi connectivity index (χ1n) is 9.03. The second-order valence-corrected chi connectivity index (χ2v) is 9.48. The van der Waals surface area contributed by atoms with Crippen LogP contribution in [0.5, 0.6) is 0 Å². The molecule has 10 heteroatoms. The SMILES string of the molecule is N/N=C(\N)c1ccc(CN(Cc2ccc(Cl)cc2F)S(=O)(=O)c2ccc(Cl)cc2)cc1. The zero-order valence-electron chi connectivity index (χ0n) is 16.2. The molecule has 6 nitrogen and oxygen atoms in total. The molecule has 31 heavy (non-hydrogen) atoms. The van der Waals surface area contributed by atoms with Gasteiger partial charge in [-0.1, -0.05) is 53.5 Å². The summed E-state index contributed by atoms with van der Waals surface area (Å²) in [5.41, 5.74) is 7.15. The summed E-state index contributed by atoms with van der Waals surface area (Å²) in [6.45, 7) is -0.199. The van der Waals surface area contributed by atoms with Crippen molar-refractivity contribution < 1.29 is 12.8 Å². The molecule has 0 saturated heterocycles. The van der Waals surface area contributed by atoms with Crippen LogP contribution in [0, 0.1) is 5.82 Å². The second kappa shape index (κ2) is 9.65. The van der Waals surface area contributed by atoms with E-state index in [9.17, 15) is 12.8 Å². The Morgan fingerprint density at radius 2 is 1.55 bits per heavy atom. The van der Waals surface area contributed by atoms with Gasteiger partial charge in [-0.05, 0) is 42.0 Å². The lowest BCUT2D eigenvalue weighted by Crippen LogP contribution is -2.30. The van der Waals surface area contributed by atoms with E-state index in [1.165, 1.54) is 40.7 Å². The summed E-state index contributed by atoms with van der Waals surface area (Å²) in [7, 11) is -3.97. The Kier molecular flexibility index (Phi) is 7.17. The number of amidine groups is 1. The first-order chi connectivity index (χ1) is 14.7. The lowest BCUT2D eigenvalue weighted by atomic mass is 10.1. The fourth-order valence-corrected chi connectivity index (χ4v) is 4.57. The molecule has 3 aromatic rings. The van der Waals surface area contributed by atoms with Crippen LogP contribution < -0.4 is 11.6 Å². The molecule has 0 aliphatic carbocycles. The molecule has 162 valence electrons. The molecule has 0 atom stereocenters. The van der Waals surface area contributed by atoms with Gasteiger partial charge in [-0.3, -0.25) is 0 Å². The van der Waals surface area contributed by atoms with Gasteiger partial charge in [0.25, 0.3) is 0 Å². The van der Waals surface area contributed by atoms with Crippen LogP contribution in [0.4, 0.5) is 4.39 Å². The van der Waals surface area contributed by atoms with E-state index in [0.29, 0.717) is 16.1 Å². The smallest absolute Gasteiger partial charge is 0.243 e. The first kappa shape index (κ1) is 23.0. The molecule has 0 aliphatic heterocycles. The molecule has 3 aromatic carbocycles. The molecule has 0 bridgehead atoms. The average molecular weight is 481 g/mol. The van der Waals surface area contributed by atoms with Crippen LogP contribution in [0.3, 0.4) is 0 Å². The first-order valence-corrected chi connectivity index (χ1v) is 11.2. The largest absolute Gasteiger partial charge is 0.382 e. The van der Waals surface area contributed by atoms with Gasteiger partial charge in [-0.2, -0.15) is 9.41 Å². The van der Waals surface area contributed by atoms with Gasteiger partial charge in [-0.25, -0.2) is 12.8 Å². The van der Waals surface area contributed by atoms with Crippen LogP contribution in [-0.2, 0) is 23.1 Å². The summed E-state index contributed by atoms with van der Waals surface area (Å²) in [4.78, 5) is 0.0439. The van der Waals surface area contributed by atoms with Crippen molar-refractivity contribution in [1.29, 1.82) is 0 Å². The van der Waals surface area contributed by atoms with E-state index in [1.807, 2.05) is 0 Å². The summed E-state index contributed by atoms with van der Waals surface area (Å²) < 4.78 is 42.3. The molecule has 0 saturated carbocycles. The number of hydrogen-bond acceptors (Lipinski definition) is 4. The number of sulfonamides is 1. The Bertz CT molecular complexity index is 1200. The Morgan fingerprint density at radius 3 is 2.13 bits per heavy atom. The van der Waals surface area contributed by atoms with Gasteiger partial charge in [0.1, 0.15) is 11.7 Å². The Morgan fingerprint density at radius 1 is 0.935 bits per heavy atom. The molecule has 0 aromatic heterocycles. The Balaban J connectivity index is 1.98. The van der Waals surface area contributed by atoms with E-state index in [1.54, 1.807) is 24.3 Å². The van der Waals surface area contributed by atoms with E-state index in [-0.39, 0.29) is 34.4 Å². The lowest BCUT2D eigenvalue weighted by molar-refractivity contribution is 0.394. The highest BCUT2D eigenvalue weighted by molar-refractivity contribution is 7.89. The van der Waals surface area contributed by atoms with E-state index in [0.717, 1.165) is 6.07 Å². The molecular weight excluding hydrogens is 462 g/mol. The molecule has 0 amide bonds. The van der Waals surface area contributed by atoms with Crippen molar-refractivity contribution in [3.63, 3.8) is 0 Å². The molecule has 0 heterocycles.